The van der Waals surface area contributed by atoms with E-state index in [1.807, 2.05) is 30.3 Å². The number of rotatable bonds is 5. The van der Waals surface area contributed by atoms with Gasteiger partial charge in [0, 0.05) is 25.6 Å². The molecule has 0 bridgehead atoms. The number of benzene rings is 1. The highest BCUT2D eigenvalue weighted by atomic mass is 28.4. The second kappa shape index (κ2) is 5.42. The summed E-state index contributed by atoms with van der Waals surface area (Å²) in [6, 6.07) is 9.71. The van der Waals surface area contributed by atoms with Crippen LogP contribution in [0, 0.1) is 0 Å². The van der Waals surface area contributed by atoms with Crippen molar-refractivity contribution in [2.45, 2.75) is 0 Å². The first-order valence-electron chi connectivity index (χ1n) is 4.23. The minimum atomic E-state index is -2.67. The molecule has 0 fully saturated rings. The molecule has 0 aliphatic rings. The van der Waals surface area contributed by atoms with E-state index in [1.165, 1.54) is 0 Å². The highest BCUT2D eigenvalue weighted by Crippen LogP contribution is 2.07. The van der Waals surface area contributed by atoms with Gasteiger partial charge in [-0.1, -0.05) is 30.3 Å². The lowest BCUT2D eigenvalue weighted by Gasteiger charge is -2.25. The molecule has 1 aromatic carbocycles. The van der Waals surface area contributed by atoms with E-state index >= 15 is 0 Å². The minimum Gasteiger partial charge on any atom is -0.374 e. The molecule has 1 rings (SSSR count). The average molecular weight is 225 g/mol. The minimum absolute atomic E-state index is 0.392. The van der Waals surface area contributed by atoms with Crippen molar-refractivity contribution in [3.8, 4) is 0 Å². The summed E-state index contributed by atoms with van der Waals surface area (Å²) in [4.78, 5) is 0. The fourth-order valence-corrected chi connectivity index (χ4v) is 3.66. The van der Waals surface area contributed by atoms with Crippen LogP contribution in [0.25, 0.3) is 0 Å². The van der Waals surface area contributed by atoms with E-state index in [4.69, 9.17) is 13.3 Å². The zero-order valence-electron chi connectivity index (χ0n) is 8.32. The Kier molecular flexibility index (Phi) is 4.50. The first-order chi connectivity index (χ1) is 6.79. The van der Waals surface area contributed by atoms with Crippen molar-refractivity contribution in [3.63, 3.8) is 0 Å². The predicted molar refractivity (Wildman–Crippen MR) is 57.6 cm³/mol. The summed E-state index contributed by atoms with van der Waals surface area (Å²) in [5, 5.41) is 0.961. The van der Waals surface area contributed by atoms with E-state index in [0.717, 1.165) is 5.19 Å². The van der Waals surface area contributed by atoms with Crippen molar-refractivity contribution in [1.29, 1.82) is 0 Å². The first-order valence-corrected chi connectivity index (χ1v) is 6.66. The van der Waals surface area contributed by atoms with Crippen molar-refractivity contribution in [2.75, 3.05) is 20.4 Å². The summed E-state index contributed by atoms with van der Waals surface area (Å²) in [5.41, 5.74) is 0. The van der Waals surface area contributed by atoms with Gasteiger partial charge in [0.05, 0.1) is 10.2 Å². The van der Waals surface area contributed by atoms with Crippen molar-refractivity contribution in [3.05, 3.63) is 30.3 Å². The van der Waals surface area contributed by atoms with Gasteiger partial charge in [0.15, 0.2) is 0 Å². The molecule has 0 heterocycles. The van der Waals surface area contributed by atoms with Gasteiger partial charge in [-0.25, -0.2) is 0 Å². The highest BCUT2D eigenvalue weighted by Gasteiger charge is 2.41. The molecule has 75 valence electrons. The smallest absolute Gasteiger partial charge is 0.374 e. The molecule has 0 aliphatic carbocycles. The summed E-state index contributed by atoms with van der Waals surface area (Å²) < 4.78 is 16.3. The molecule has 0 saturated carbocycles. The summed E-state index contributed by atoms with van der Waals surface area (Å²) in [5.74, 6) is 0. The van der Waals surface area contributed by atoms with E-state index in [9.17, 15) is 0 Å². The second-order valence-electron chi connectivity index (χ2n) is 2.62. The van der Waals surface area contributed by atoms with Crippen LogP contribution in [-0.4, -0.2) is 39.5 Å². The van der Waals surface area contributed by atoms with Crippen LogP contribution in [0.2, 0.25) is 0 Å². The Morgan fingerprint density at radius 1 is 1.14 bits per heavy atom. The Morgan fingerprint density at radius 2 is 1.71 bits per heavy atom. The zero-order chi connectivity index (χ0) is 10.4. The van der Waals surface area contributed by atoms with Crippen LogP contribution in [0.15, 0.2) is 30.3 Å². The molecule has 3 radical (unpaired) electrons. The monoisotopic (exact) mass is 225 g/mol. The van der Waals surface area contributed by atoms with Crippen molar-refractivity contribution in [1.82, 2.24) is 0 Å². The third-order valence-corrected chi connectivity index (χ3v) is 5.00. The van der Waals surface area contributed by atoms with Gasteiger partial charge in [0.2, 0.25) is 0 Å². The summed E-state index contributed by atoms with van der Waals surface area (Å²) in [7, 11) is 3.80. The van der Waals surface area contributed by atoms with Gasteiger partial charge in [0.1, 0.15) is 0 Å². The topological polar surface area (TPSA) is 27.7 Å². The molecule has 5 heteroatoms. The predicted octanol–water partition coefficient (Wildman–Crippen LogP) is 0.268. The lowest BCUT2D eigenvalue weighted by molar-refractivity contribution is 0.133. The SMILES string of the molecule is CO[Si](OC)(OC[Si])c1ccccc1. The summed E-state index contributed by atoms with van der Waals surface area (Å²) in [6.45, 7) is 0. The van der Waals surface area contributed by atoms with Gasteiger partial charge >= 0.3 is 8.80 Å². The van der Waals surface area contributed by atoms with Crippen molar-refractivity contribution in [2.24, 2.45) is 0 Å². The third kappa shape index (κ3) is 2.31. The maximum Gasteiger partial charge on any atom is 0.536 e. The van der Waals surface area contributed by atoms with Crippen molar-refractivity contribution < 1.29 is 13.3 Å². The lowest BCUT2D eigenvalue weighted by atomic mass is 10.4. The molecular formula is C9H13O3Si2. The van der Waals surface area contributed by atoms with Gasteiger partial charge < -0.3 is 13.3 Å². The van der Waals surface area contributed by atoms with Crippen LogP contribution < -0.4 is 5.19 Å². The van der Waals surface area contributed by atoms with E-state index < -0.39 is 8.80 Å². The Labute approximate surface area is 88.8 Å². The van der Waals surface area contributed by atoms with Crippen LogP contribution in [0.5, 0.6) is 0 Å². The van der Waals surface area contributed by atoms with Crippen LogP contribution in [-0.2, 0) is 13.3 Å². The molecule has 0 N–H and O–H groups in total. The number of hydrogen-bond acceptors (Lipinski definition) is 3. The van der Waals surface area contributed by atoms with Gasteiger partial charge in [-0.15, -0.1) is 0 Å². The Balaban J connectivity index is 2.98. The second-order valence-corrected chi connectivity index (χ2v) is 5.70. The molecule has 0 atom stereocenters. The normalized spacial score (nSPS) is 11.6. The molecule has 0 spiro atoms. The average Bonchev–Trinajstić information content (AvgIpc) is 2.27. The van der Waals surface area contributed by atoms with E-state index in [-0.39, 0.29) is 0 Å². The molecular weight excluding hydrogens is 212 g/mol. The fraction of sp³-hybridized carbons (Fsp3) is 0.333. The summed E-state index contributed by atoms with van der Waals surface area (Å²) in [6.07, 6.45) is 0.392. The molecule has 0 unspecified atom stereocenters. The molecule has 0 saturated heterocycles. The van der Waals surface area contributed by atoms with Gasteiger partial charge in [-0.05, 0) is 0 Å². The Hall–Kier alpha value is -0.466. The number of hydrogen-bond donors (Lipinski definition) is 0. The largest absolute Gasteiger partial charge is 0.536 e. The van der Waals surface area contributed by atoms with E-state index in [2.05, 4.69) is 10.2 Å². The highest BCUT2D eigenvalue weighted by molar-refractivity contribution is 6.75. The maximum atomic E-state index is 5.52. The fourth-order valence-electron chi connectivity index (χ4n) is 1.26. The van der Waals surface area contributed by atoms with Gasteiger partial charge in [-0.3, -0.25) is 0 Å². The van der Waals surface area contributed by atoms with Crippen LogP contribution in [0.3, 0.4) is 0 Å². The molecule has 0 aliphatic heterocycles. The molecule has 0 amide bonds. The standard InChI is InChI=1S/C9H13O3Si2/c1-10-14(11-2,12-8-13)9-6-4-3-5-7-9/h3-7H,8H2,1-2H3. The third-order valence-electron chi connectivity index (χ3n) is 1.93. The maximum absolute atomic E-state index is 5.52. The molecule has 14 heavy (non-hydrogen) atoms. The Bertz CT molecular complexity index is 262. The first kappa shape index (κ1) is 11.6. The lowest BCUT2D eigenvalue weighted by Crippen LogP contribution is -2.55. The van der Waals surface area contributed by atoms with Crippen LogP contribution >= 0.6 is 0 Å². The Morgan fingerprint density at radius 3 is 2.14 bits per heavy atom. The van der Waals surface area contributed by atoms with Crippen LogP contribution in [0.1, 0.15) is 0 Å². The molecule has 3 nitrogen and oxygen atoms in total. The van der Waals surface area contributed by atoms with Gasteiger partial charge in [-0.2, -0.15) is 0 Å². The molecule has 0 aromatic heterocycles. The zero-order valence-corrected chi connectivity index (χ0v) is 10.3. The summed E-state index contributed by atoms with van der Waals surface area (Å²) >= 11 is 0. The quantitative estimate of drug-likeness (QED) is 0.673. The van der Waals surface area contributed by atoms with Crippen molar-refractivity contribution >= 4 is 24.2 Å². The van der Waals surface area contributed by atoms with E-state index in [0.29, 0.717) is 6.23 Å². The molecule has 1 aromatic rings. The van der Waals surface area contributed by atoms with Gasteiger partial charge in [0.25, 0.3) is 0 Å². The van der Waals surface area contributed by atoms with E-state index in [1.54, 1.807) is 14.2 Å². The van der Waals surface area contributed by atoms with Crippen LogP contribution in [0.4, 0.5) is 0 Å².